The first kappa shape index (κ1) is 11.7. The van der Waals surface area contributed by atoms with Gasteiger partial charge in [-0.05, 0) is 12.5 Å². The van der Waals surface area contributed by atoms with E-state index >= 15 is 0 Å². The van der Waals surface area contributed by atoms with Crippen molar-refractivity contribution in [2.24, 2.45) is 0 Å². The minimum atomic E-state index is 0.531. The van der Waals surface area contributed by atoms with Crippen LogP contribution in [0.4, 0.5) is 5.95 Å². The van der Waals surface area contributed by atoms with E-state index in [1.54, 1.807) is 6.20 Å². The van der Waals surface area contributed by atoms with E-state index in [-0.39, 0.29) is 0 Å². The first-order chi connectivity index (χ1) is 8.33. The Hall–Kier alpha value is -1.81. The Morgan fingerprint density at radius 1 is 1.29 bits per heavy atom. The molecule has 0 aliphatic rings. The number of nitrogens with two attached hydrogens (primary N) is 1. The lowest BCUT2D eigenvalue weighted by molar-refractivity contribution is 0.139. The predicted molar refractivity (Wildman–Crippen MR) is 68.6 cm³/mol. The molecule has 0 saturated heterocycles. The first-order valence-electron chi connectivity index (χ1n) is 5.77. The molecule has 0 unspecified atom stereocenters. The zero-order valence-corrected chi connectivity index (χ0v) is 9.97. The lowest BCUT2D eigenvalue weighted by atomic mass is 10.2. The van der Waals surface area contributed by atoms with Crippen molar-refractivity contribution in [2.75, 3.05) is 18.9 Å². The molecule has 4 heteroatoms. The van der Waals surface area contributed by atoms with Crippen LogP contribution in [0.3, 0.4) is 0 Å². The molecular formula is C13H17N3O. The van der Waals surface area contributed by atoms with Crippen molar-refractivity contribution in [1.29, 1.82) is 0 Å². The largest absolute Gasteiger partial charge is 0.380 e. The van der Waals surface area contributed by atoms with Crippen LogP contribution in [0.2, 0.25) is 0 Å². The molecule has 0 spiro atoms. The van der Waals surface area contributed by atoms with Gasteiger partial charge in [0.25, 0.3) is 0 Å². The third kappa shape index (κ3) is 2.65. The van der Waals surface area contributed by atoms with E-state index in [0.717, 1.165) is 24.4 Å². The average molecular weight is 231 g/mol. The average Bonchev–Trinajstić information content (AvgIpc) is 2.73. The summed E-state index contributed by atoms with van der Waals surface area (Å²) in [5, 5.41) is 0. The second-order valence-corrected chi connectivity index (χ2v) is 3.72. The number of anilines is 1. The molecule has 1 heterocycles. The van der Waals surface area contributed by atoms with Gasteiger partial charge in [-0.1, -0.05) is 30.3 Å². The highest BCUT2D eigenvalue weighted by Gasteiger charge is 2.08. The van der Waals surface area contributed by atoms with Crippen LogP contribution < -0.4 is 5.73 Å². The van der Waals surface area contributed by atoms with Gasteiger partial charge in [0.1, 0.15) is 0 Å². The molecule has 1 aromatic heterocycles. The third-order valence-electron chi connectivity index (χ3n) is 2.62. The molecule has 17 heavy (non-hydrogen) atoms. The van der Waals surface area contributed by atoms with E-state index in [4.69, 9.17) is 10.5 Å². The van der Waals surface area contributed by atoms with Crippen LogP contribution in [0.15, 0.2) is 36.5 Å². The van der Waals surface area contributed by atoms with Crippen LogP contribution in [-0.2, 0) is 11.3 Å². The molecule has 0 fully saturated rings. The number of imidazole rings is 1. The smallest absolute Gasteiger partial charge is 0.200 e. The van der Waals surface area contributed by atoms with Crippen molar-refractivity contribution in [2.45, 2.75) is 13.5 Å². The first-order valence-corrected chi connectivity index (χ1v) is 5.77. The number of rotatable bonds is 5. The zero-order chi connectivity index (χ0) is 12.1. The molecule has 2 aromatic rings. The van der Waals surface area contributed by atoms with Crippen LogP contribution in [0.25, 0.3) is 11.3 Å². The van der Waals surface area contributed by atoms with Crippen LogP contribution in [0, 0.1) is 0 Å². The summed E-state index contributed by atoms with van der Waals surface area (Å²) in [5.41, 5.74) is 8.01. The van der Waals surface area contributed by atoms with E-state index in [1.165, 1.54) is 0 Å². The minimum absolute atomic E-state index is 0.531. The van der Waals surface area contributed by atoms with Crippen molar-refractivity contribution >= 4 is 5.95 Å². The lowest BCUT2D eigenvalue weighted by Crippen LogP contribution is -2.10. The highest BCUT2D eigenvalue weighted by Crippen LogP contribution is 2.21. The number of nitrogens with zero attached hydrogens (tertiary/aromatic N) is 2. The summed E-state index contributed by atoms with van der Waals surface area (Å²) in [4.78, 5) is 4.16. The number of hydrogen-bond donors (Lipinski definition) is 1. The molecule has 0 amide bonds. The Labute approximate surface area is 101 Å². The van der Waals surface area contributed by atoms with Crippen molar-refractivity contribution in [3.8, 4) is 11.3 Å². The van der Waals surface area contributed by atoms with Gasteiger partial charge in [0.05, 0.1) is 18.5 Å². The maximum absolute atomic E-state index is 5.86. The summed E-state index contributed by atoms with van der Waals surface area (Å²) in [6.45, 7) is 4.07. The number of hydrogen-bond acceptors (Lipinski definition) is 3. The van der Waals surface area contributed by atoms with Crippen LogP contribution >= 0.6 is 0 Å². The van der Waals surface area contributed by atoms with E-state index in [0.29, 0.717) is 12.6 Å². The Morgan fingerprint density at radius 2 is 2.06 bits per heavy atom. The Morgan fingerprint density at radius 3 is 2.76 bits per heavy atom. The molecule has 0 radical (unpaired) electrons. The highest BCUT2D eigenvalue weighted by molar-refractivity contribution is 5.60. The number of aromatic nitrogens is 2. The van der Waals surface area contributed by atoms with Crippen molar-refractivity contribution in [3.63, 3.8) is 0 Å². The molecule has 0 aliphatic heterocycles. The molecule has 0 atom stereocenters. The van der Waals surface area contributed by atoms with Crippen molar-refractivity contribution in [3.05, 3.63) is 36.5 Å². The molecule has 0 aliphatic carbocycles. The molecular weight excluding hydrogens is 214 g/mol. The fourth-order valence-electron chi connectivity index (χ4n) is 1.76. The third-order valence-corrected chi connectivity index (χ3v) is 2.62. The van der Waals surface area contributed by atoms with E-state index in [1.807, 2.05) is 41.8 Å². The fourth-order valence-corrected chi connectivity index (χ4v) is 1.76. The summed E-state index contributed by atoms with van der Waals surface area (Å²) in [7, 11) is 0. The Bertz CT molecular complexity index is 465. The van der Waals surface area contributed by atoms with Gasteiger partial charge in [-0.15, -0.1) is 0 Å². The standard InChI is InChI=1S/C13H17N3O/c1-2-17-9-8-16-12(10-15-13(16)14)11-6-4-3-5-7-11/h3-7,10H,2,8-9H2,1H3,(H2,14,15). The second kappa shape index (κ2) is 5.50. The molecule has 0 bridgehead atoms. The molecule has 1 aromatic carbocycles. The van der Waals surface area contributed by atoms with Gasteiger partial charge in [-0.25, -0.2) is 4.98 Å². The summed E-state index contributed by atoms with van der Waals surface area (Å²) < 4.78 is 7.33. The van der Waals surface area contributed by atoms with Gasteiger partial charge in [0.2, 0.25) is 5.95 Å². The van der Waals surface area contributed by atoms with Crippen molar-refractivity contribution in [1.82, 2.24) is 9.55 Å². The van der Waals surface area contributed by atoms with Gasteiger partial charge in [0.15, 0.2) is 0 Å². The molecule has 2 N–H and O–H groups in total. The van der Waals surface area contributed by atoms with Crippen molar-refractivity contribution < 1.29 is 4.74 Å². The van der Waals surface area contributed by atoms with Gasteiger partial charge >= 0.3 is 0 Å². The van der Waals surface area contributed by atoms with Crippen LogP contribution in [0.1, 0.15) is 6.92 Å². The SMILES string of the molecule is CCOCCn1c(-c2ccccc2)cnc1N. The maximum atomic E-state index is 5.86. The topological polar surface area (TPSA) is 53.1 Å². The van der Waals surface area contributed by atoms with Crippen LogP contribution in [-0.4, -0.2) is 22.8 Å². The summed E-state index contributed by atoms with van der Waals surface area (Å²) in [5.74, 6) is 0.531. The second-order valence-electron chi connectivity index (χ2n) is 3.72. The molecule has 4 nitrogen and oxygen atoms in total. The van der Waals surface area contributed by atoms with Gasteiger partial charge in [-0.2, -0.15) is 0 Å². The molecule has 2 rings (SSSR count). The minimum Gasteiger partial charge on any atom is -0.380 e. The van der Waals surface area contributed by atoms with Gasteiger partial charge in [0, 0.05) is 13.2 Å². The number of nitrogen functional groups attached to an aromatic ring is 1. The lowest BCUT2D eigenvalue weighted by Gasteiger charge is -2.09. The Kier molecular flexibility index (Phi) is 3.77. The Balaban J connectivity index is 2.23. The highest BCUT2D eigenvalue weighted by atomic mass is 16.5. The van der Waals surface area contributed by atoms with Gasteiger partial charge in [-0.3, -0.25) is 0 Å². The summed E-state index contributed by atoms with van der Waals surface area (Å²) >= 11 is 0. The zero-order valence-electron chi connectivity index (χ0n) is 9.97. The number of ether oxygens (including phenoxy) is 1. The van der Waals surface area contributed by atoms with E-state index < -0.39 is 0 Å². The quantitative estimate of drug-likeness (QED) is 0.802. The van der Waals surface area contributed by atoms with E-state index in [2.05, 4.69) is 4.98 Å². The normalized spacial score (nSPS) is 10.6. The summed E-state index contributed by atoms with van der Waals surface area (Å²) in [6, 6.07) is 10.1. The predicted octanol–water partition coefficient (Wildman–Crippen LogP) is 2.17. The van der Waals surface area contributed by atoms with E-state index in [9.17, 15) is 0 Å². The maximum Gasteiger partial charge on any atom is 0.200 e. The fraction of sp³-hybridized carbons (Fsp3) is 0.308. The van der Waals surface area contributed by atoms with Gasteiger partial charge < -0.3 is 15.0 Å². The summed E-state index contributed by atoms with van der Waals surface area (Å²) in [6.07, 6.45) is 1.80. The molecule has 90 valence electrons. The van der Waals surface area contributed by atoms with Crippen LogP contribution in [0.5, 0.6) is 0 Å². The number of benzene rings is 1. The monoisotopic (exact) mass is 231 g/mol. The molecule has 0 saturated carbocycles.